The third kappa shape index (κ3) is 4.51. The van der Waals surface area contributed by atoms with Crippen LogP contribution in [0.2, 0.25) is 5.02 Å². The summed E-state index contributed by atoms with van der Waals surface area (Å²) in [5.41, 5.74) is 6.64. The Morgan fingerprint density at radius 2 is 1.65 bits per heavy atom. The topological polar surface area (TPSA) is 95.3 Å². The molecule has 0 saturated carbocycles. The molecule has 0 fully saturated rings. The molecule has 0 aliphatic heterocycles. The average Bonchev–Trinajstić information content (AvgIpc) is 2.85. The van der Waals surface area contributed by atoms with Crippen molar-refractivity contribution in [2.45, 2.75) is 25.9 Å². The number of hydrogen-bond donors (Lipinski definition) is 3. The highest BCUT2D eigenvalue weighted by atomic mass is 35.5. The summed E-state index contributed by atoms with van der Waals surface area (Å²) in [6.45, 7) is -0.0108. The number of phenolic OH excluding ortho intramolecular Hbond substituents is 1. The molecule has 170 valence electrons. The monoisotopic (exact) mass is 471 g/mol. The van der Waals surface area contributed by atoms with Gasteiger partial charge in [0.05, 0.1) is 24.4 Å². The van der Waals surface area contributed by atoms with Crippen LogP contribution in [-0.2, 0) is 30.7 Å². The molecule has 0 atom stereocenters. The molecule has 4 aromatic rings. The fourth-order valence-corrected chi connectivity index (χ4v) is 4.29. The zero-order chi connectivity index (χ0) is 23.7. The predicted octanol–water partition coefficient (Wildman–Crippen LogP) is 4.94. The first-order valence-electron chi connectivity index (χ1n) is 11.0. The number of nitrogens with one attached hydrogen (secondary N) is 1. The first-order chi connectivity index (χ1) is 16.5. The number of nitrogens with zero attached hydrogens (tertiary/aromatic N) is 2. The Kier molecular flexibility index (Phi) is 6.01. The molecule has 0 unspecified atom stereocenters. The molecule has 0 saturated heterocycles. The first-order valence-corrected chi connectivity index (χ1v) is 11.4. The number of hydrogen-bond acceptors (Lipinski definition) is 5. The molecule has 34 heavy (non-hydrogen) atoms. The van der Waals surface area contributed by atoms with E-state index in [0.29, 0.717) is 23.0 Å². The lowest BCUT2D eigenvalue weighted by molar-refractivity contribution is -0.115. The van der Waals surface area contributed by atoms with E-state index >= 15 is 0 Å². The average molecular weight is 472 g/mol. The Labute approximate surface area is 201 Å². The molecule has 3 aromatic carbocycles. The van der Waals surface area contributed by atoms with E-state index in [4.69, 9.17) is 21.6 Å². The maximum absolute atomic E-state index is 12.9. The van der Waals surface area contributed by atoms with Crippen molar-refractivity contribution in [3.05, 3.63) is 94.1 Å². The van der Waals surface area contributed by atoms with Crippen LogP contribution in [0, 0.1) is 0 Å². The second kappa shape index (κ2) is 9.25. The highest BCUT2D eigenvalue weighted by Gasteiger charge is 2.23. The van der Waals surface area contributed by atoms with Gasteiger partial charge >= 0.3 is 0 Å². The molecule has 0 radical (unpaired) electrons. The largest absolute Gasteiger partial charge is 0.508 e. The number of fused-ring (bicyclic) bond motifs is 3. The van der Waals surface area contributed by atoms with Crippen LogP contribution in [0.1, 0.15) is 22.4 Å². The highest BCUT2D eigenvalue weighted by molar-refractivity contribution is 6.30. The standard InChI is InChI=1S/C27H22ClN3O3/c28-20-7-1-16(2-8-20)14-24(34)30-27-25(18-4-9-21(33)10-5-18)31-26-22-11-3-17(15-32)13-19(22)6-12-23(26)29-27/h1-5,7-11,13,32-33H,6,12,14-15H2,(H,29,30,34). The van der Waals surface area contributed by atoms with Crippen molar-refractivity contribution in [2.24, 2.45) is 0 Å². The van der Waals surface area contributed by atoms with Crippen LogP contribution in [-0.4, -0.2) is 26.1 Å². The van der Waals surface area contributed by atoms with Gasteiger partial charge in [0.25, 0.3) is 0 Å². The molecule has 7 heteroatoms. The number of carbonyl (C=O) groups excluding carboxylic acids is 1. The van der Waals surface area contributed by atoms with Gasteiger partial charge in [-0.3, -0.25) is 4.79 Å². The van der Waals surface area contributed by atoms with Crippen LogP contribution < -0.4 is 5.32 Å². The van der Waals surface area contributed by atoms with E-state index in [1.165, 1.54) is 0 Å². The molecule has 0 bridgehead atoms. The molecule has 6 nitrogen and oxygen atoms in total. The number of anilines is 1. The SMILES string of the molecule is O=C(Cc1ccc(Cl)cc1)Nc1nc2c(nc1-c1ccc(O)cc1)-c1ccc(CO)cc1CC2. The minimum atomic E-state index is -0.208. The quantitative estimate of drug-likeness (QED) is 0.383. The van der Waals surface area contributed by atoms with E-state index in [9.17, 15) is 15.0 Å². The summed E-state index contributed by atoms with van der Waals surface area (Å²) in [5, 5.41) is 22.8. The van der Waals surface area contributed by atoms with Crippen molar-refractivity contribution < 1.29 is 15.0 Å². The van der Waals surface area contributed by atoms with Crippen molar-refractivity contribution in [1.82, 2.24) is 9.97 Å². The minimum absolute atomic E-state index is 0.0108. The van der Waals surface area contributed by atoms with E-state index in [0.717, 1.165) is 45.6 Å². The number of carbonyl (C=O) groups is 1. The highest BCUT2D eigenvalue weighted by Crippen LogP contribution is 2.36. The van der Waals surface area contributed by atoms with E-state index in [1.807, 2.05) is 30.3 Å². The maximum Gasteiger partial charge on any atom is 0.230 e. The molecule has 1 amide bonds. The third-order valence-electron chi connectivity index (χ3n) is 5.88. The summed E-state index contributed by atoms with van der Waals surface area (Å²) in [6.07, 6.45) is 1.64. The van der Waals surface area contributed by atoms with E-state index in [2.05, 4.69) is 5.32 Å². The van der Waals surface area contributed by atoms with Crippen molar-refractivity contribution >= 4 is 23.3 Å². The van der Waals surface area contributed by atoms with Gasteiger partial charge in [0, 0.05) is 16.1 Å². The number of rotatable bonds is 5. The van der Waals surface area contributed by atoms with Gasteiger partial charge in [0.15, 0.2) is 5.82 Å². The van der Waals surface area contributed by atoms with Crippen molar-refractivity contribution in [2.75, 3.05) is 5.32 Å². The van der Waals surface area contributed by atoms with Gasteiger partial charge in [0.1, 0.15) is 11.4 Å². The van der Waals surface area contributed by atoms with Crippen LogP contribution in [0.4, 0.5) is 5.82 Å². The minimum Gasteiger partial charge on any atom is -0.508 e. The smallest absolute Gasteiger partial charge is 0.230 e. The number of aliphatic hydroxyl groups excluding tert-OH is 1. The summed E-state index contributed by atoms with van der Waals surface area (Å²) in [5.74, 6) is 0.323. The van der Waals surface area contributed by atoms with Crippen LogP contribution in [0.3, 0.4) is 0 Å². The number of aromatic nitrogens is 2. The summed E-state index contributed by atoms with van der Waals surface area (Å²) in [4.78, 5) is 22.6. The summed E-state index contributed by atoms with van der Waals surface area (Å²) in [7, 11) is 0. The predicted molar refractivity (Wildman–Crippen MR) is 132 cm³/mol. The number of aliphatic hydroxyl groups is 1. The molecular weight excluding hydrogens is 450 g/mol. The normalized spacial score (nSPS) is 12.1. The first kappa shape index (κ1) is 22.1. The molecule has 5 rings (SSSR count). The lowest BCUT2D eigenvalue weighted by Gasteiger charge is -2.21. The fourth-order valence-electron chi connectivity index (χ4n) is 4.17. The molecule has 1 aliphatic carbocycles. The lowest BCUT2D eigenvalue weighted by atomic mass is 9.90. The van der Waals surface area contributed by atoms with Crippen LogP contribution in [0.15, 0.2) is 66.7 Å². The van der Waals surface area contributed by atoms with Crippen LogP contribution in [0.5, 0.6) is 5.75 Å². The molecule has 0 spiro atoms. The van der Waals surface area contributed by atoms with Gasteiger partial charge in [-0.1, -0.05) is 41.9 Å². The van der Waals surface area contributed by atoms with Crippen LogP contribution in [0.25, 0.3) is 22.5 Å². The molecule has 1 aliphatic rings. The Bertz CT molecular complexity index is 1370. The number of amides is 1. The fraction of sp³-hybridized carbons (Fsp3) is 0.148. The van der Waals surface area contributed by atoms with Gasteiger partial charge < -0.3 is 15.5 Å². The molecule has 1 heterocycles. The number of phenols is 1. The van der Waals surface area contributed by atoms with Gasteiger partial charge in [-0.25, -0.2) is 9.97 Å². The molecule has 3 N–H and O–H groups in total. The van der Waals surface area contributed by atoms with Crippen molar-refractivity contribution in [1.29, 1.82) is 0 Å². The number of aryl methyl sites for hydroxylation is 2. The number of benzene rings is 3. The van der Waals surface area contributed by atoms with Crippen LogP contribution >= 0.6 is 11.6 Å². The summed E-state index contributed by atoms with van der Waals surface area (Å²) in [6, 6.07) is 19.7. The number of aromatic hydroxyl groups is 1. The lowest BCUT2D eigenvalue weighted by Crippen LogP contribution is -2.19. The van der Waals surface area contributed by atoms with E-state index < -0.39 is 0 Å². The Hall–Kier alpha value is -3.74. The zero-order valence-corrected chi connectivity index (χ0v) is 19.0. The summed E-state index contributed by atoms with van der Waals surface area (Å²) >= 11 is 5.95. The van der Waals surface area contributed by atoms with Crippen molar-refractivity contribution in [3.63, 3.8) is 0 Å². The Balaban J connectivity index is 1.55. The van der Waals surface area contributed by atoms with Crippen molar-refractivity contribution in [3.8, 4) is 28.3 Å². The molecular formula is C27H22ClN3O3. The van der Waals surface area contributed by atoms with Gasteiger partial charge in [-0.2, -0.15) is 0 Å². The third-order valence-corrected chi connectivity index (χ3v) is 6.13. The summed E-state index contributed by atoms with van der Waals surface area (Å²) < 4.78 is 0. The Morgan fingerprint density at radius 3 is 2.38 bits per heavy atom. The van der Waals surface area contributed by atoms with E-state index in [-0.39, 0.29) is 24.7 Å². The van der Waals surface area contributed by atoms with Gasteiger partial charge in [-0.15, -0.1) is 0 Å². The molecule has 1 aromatic heterocycles. The van der Waals surface area contributed by atoms with Gasteiger partial charge in [0.2, 0.25) is 5.91 Å². The second-order valence-corrected chi connectivity index (χ2v) is 8.70. The zero-order valence-electron chi connectivity index (χ0n) is 18.3. The van der Waals surface area contributed by atoms with E-state index in [1.54, 1.807) is 36.4 Å². The Morgan fingerprint density at radius 1 is 0.912 bits per heavy atom. The maximum atomic E-state index is 12.9. The second-order valence-electron chi connectivity index (χ2n) is 8.26. The van der Waals surface area contributed by atoms with Gasteiger partial charge in [-0.05, 0) is 65.9 Å². The number of halogens is 1.